The Morgan fingerprint density at radius 2 is 2.22 bits per heavy atom. The number of nitrogens with zero attached hydrogens (tertiary/aromatic N) is 1. The quantitative estimate of drug-likeness (QED) is 0.798. The molecule has 0 aromatic heterocycles. The zero-order valence-corrected chi connectivity index (χ0v) is 10.6. The summed E-state index contributed by atoms with van der Waals surface area (Å²) in [4.78, 5) is 13.1. The molecule has 3 nitrogen and oxygen atoms in total. The number of hydrogen-bond donors (Lipinski definition) is 0. The number of ether oxygens (including phenoxy) is 1. The molecule has 1 aliphatic heterocycles. The third-order valence-electron chi connectivity index (χ3n) is 3.85. The molecular formula is C15H17NO2. The monoisotopic (exact) mass is 243 g/mol. The Hall–Kier alpha value is -1.77. The summed E-state index contributed by atoms with van der Waals surface area (Å²) in [6.45, 7) is 3.34. The van der Waals surface area contributed by atoms with Gasteiger partial charge in [-0.15, -0.1) is 0 Å². The molecule has 1 amide bonds. The fourth-order valence-corrected chi connectivity index (χ4v) is 2.67. The van der Waals surface area contributed by atoms with Gasteiger partial charge in [0.25, 0.3) is 0 Å². The van der Waals surface area contributed by atoms with Gasteiger partial charge in [-0.05, 0) is 36.5 Å². The molecule has 1 aliphatic carbocycles. The summed E-state index contributed by atoms with van der Waals surface area (Å²) < 4.78 is 4.94. The van der Waals surface area contributed by atoms with E-state index in [1.54, 1.807) is 4.90 Å². The summed E-state index contributed by atoms with van der Waals surface area (Å²) in [6, 6.07) is 8.49. The van der Waals surface area contributed by atoms with Crippen LogP contribution in [0.15, 0.2) is 36.0 Å². The van der Waals surface area contributed by atoms with Crippen molar-refractivity contribution in [3.63, 3.8) is 0 Å². The summed E-state index contributed by atoms with van der Waals surface area (Å²) in [6.07, 6.45) is 4.05. The van der Waals surface area contributed by atoms with E-state index in [2.05, 4.69) is 31.2 Å². The van der Waals surface area contributed by atoms with Gasteiger partial charge in [0, 0.05) is 12.1 Å². The molecule has 1 aromatic carbocycles. The van der Waals surface area contributed by atoms with Crippen molar-refractivity contribution in [1.29, 1.82) is 0 Å². The second kappa shape index (κ2) is 4.48. The first-order chi connectivity index (χ1) is 8.75. The van der Waals surface area contributed by atoms with E-state index in [0.717, 1.165) is 6.42 Å². The molecular weight excluding hydrogens is 226 g/mol. The van der Waals surface area contributed by atoms with Crippen molar-refractivity contribution < 1.29 is 9.53 Å². The summed E-state index contributed by atoms with van der Waals surface area (Å²) in [7, 11) is 0. The lowest BCUT2D eigenvalue weighted by molar-refractivity contribution is 0.166. The first-order valence-electron chi connectivity index (χ1n) is 6.45. The lowest BCUT2D eigenvalue weighted by Crippen LogP contribution is -2.22. The molecule has 0 N–H and O–H groups in total. The van der Waals surface area contributed by atoms with E-state index in [1.165, 1.54) is 23.1 Å². The molecule has 1 aromatic rings. The molecule has 1 unspecified atom stereocenters. The van der Waals surface area contributed by atoms with Crippen molar-refractivity contribution in [3.05, 3.63) is 47.2 Å². The predicted molar refractivity (Wildman–Crippen MR) is 69.3 cm³/mol. The second-order valence-corrected chi connectivity index (χ2v) is 4.96. The molecule has 0 bridgehead atoms. The van der Waals surface area contributed by atoms with Crippen LogP contribution in [0, 0.1) is 6.92 Å². The van der Waals surface area contributed by atoms with E-state index in [1.807, 2.05) is 6.20 Å². The van der Waals surface area contributed by atoms with Crippen LogP contribution in [0.2, 0.25) is 0 Å². The third-order valence-corrected chi connectivity index (χ3v) is 3.85. The Balaban J connectivity index is 1.81. The lowest BCUT2D eigenvalue weighted by atomic mass is 9.74. The molecule has 0 radical (unpaired) electrons. The largest absolute Gasteiger partial charge is 0.447 e. The molecule has 1 atom stereocenters. The Kier molecular flexibility index (Phi) is 2.82. The Labute approximate surface area is 107 Å². The molecule has 3 heteroatoms. The van der Waals surface area contributed by atoms with Gasteiger partial charge in [-0.3, -0.25) is 4.90 Å². The molecule has 3 rings (SSSR count). The van der Waals surface area contributed by atoms with E-state index in [0.29, 0.717) is 19.1 Å². The maximum absolute atomic E-state index is 11.4. The second-order valence-electron chi connectivity index (χ2n) is 4.96. The number of hydrogen-bond acceptors (Lipinski definition) is 2. The first kappa shape index (κ1) is 11.3. The predicted octanol–water partition coefficient (Wildman–Crippen LogP) is 3.21. The van der Waals surface area contributed by atoms with Crippen molar-refractivity contribution in [1.82, 2.24) is 4.90 Å². The Morgan fingerprint density at radius 1 is 1.39 bits per heavy atom. The Morgan fingerprint density at radius 3 is 2.83 bits per heavy atom. The maximum Gasteiger partial charge on any atom is 0.413 e. The molecule has 94 valence electrons. The average Bonchev–Trinajstić information content (AvgIpc) is 2.73. The van der Waals surface area contributed by atoms with Crippen molar-refractivity contribution >= 4 is 6.09 Å². The Bertz CT molecular complexity index is 507. The summed E-state index contributed by atoms with van der Waals surface area (Å²) >= 11 is 0. The van der Waals surface area contributed by atoms with E-state index in [9.17, 15) is 4.79 Å². The van der Waals surface area contributed by atoms with E-state index >= 15 is 0 Å². The van der Waals surface area contributed by atoms with Gasteiger partial charge < -0.3 is 4.74 Å². The maximum atomic E-state index is 11.4. The summed E-state index contributed by atoms with van der Waals surface area (Å²) in [5.41, 5.74) is 4.07. The van der Waals surface area contributed by atoms with Crippen LogP contribution in [-0.2, 0) is 4.74 Å². The van der Waals surface area contributed by atoms with Gasteiger partial charge in [-0.25, -0.2) is 4.79 Å². The van der Waals surface area contributed by atoms with Gasteiger partial charge in [0.05, 0.1) is 6.54 Å². The summed E-state index contributed by atoms with van der Waals surface area (Å²) in [5.74, 6) is 0.486. The minimum Gasteiger partial charge on any atom is -0.447 e. The topological polar surface area (TPSA) is 29.5 Å². The van der Waals surface area contributed by atoms with Crippen LogP contribution in [0.25, 0.3) is 0 Å². The van der Waals surface area contributed by atoms with Crippen molar-refractivity contribution in [2.75, 3.05) is 13.2 Å². The number of carbonyl (C=O) groups excluding carboxylic acids is 1. The first-order valence-corrected chi connectivity index (χ1v) is 6.45. The van der Waals surface area contributed by atoms with E-state index in [4.69, 9.17) is 4.74 Å². The molecule has 2 fully saturated rings. The van der Waals surface area contributed by atoms with Gasteiger partial charge in [0.1, 0.15) is 6.61 Å². The van der Waals surface area contributed by atoms with Crippen LogP contribution in [0.3, 0.4) is 0 Å². The molecule has 1 heterocycles. The number of amides is 1. The molecule has 18 heavy (non-hydrogen) atoms. The number of rotatable bonds is 2. The smallest absolute Gasteiger partial charge is 0.413 e. The summed E-state index contributed by atoms with van der Waals surface area (Å²) in [5, 5.41) is 0. The highest BCUT2D eigenvalue weighted by Gasteiger charge is 2.29. The highest BCUT2D eigenvalue weighted by Crippen LogP contribution is 2.43. The molecule has 2 aliphatic rings. The molecule has 1 saturated heterocycles. The number of cyclic esters (lactones) is 1. The molecule has 1 saturated carbocycles. The van der Waals surface area contributed by atoms with Gasteiger partial charge in [-0.1, -0.05) is 24.3 Å². The number of carbonyl (C=O) groups is 1. The minimum absolute atomic E-state index is 0.210. The zero-order valence-electron chi connectivity index (χ0n) is 10.6. The number of aryl methyl sites for hydroxylation is 1. The number of allylic oxidation sites excluding steroid dienone is 1. The van der Waals surface area contributed by atoms with Gasteiger partial charge >= 0.3 is 6.09 Å². The lowest BCUT2D eigenvalue weighted by Gasteiger charge is -2.32. The standard InChI is InChI=1S/C15H17NO2/c1-11-4-2-3-5-13(11)14-7-6-12(14)10-16-8-9-18-15(16)17/h2-5,10,14H,6-9H2,1H3/b12-10+. The fourth-order valence-electron chi connectivity index (χ4n) is 2.67. The van der Waals surface area contributed by atoms with Crippen LogP contribution in [0.4, 0.5) is 4.79 Å². The molecule has 0 spiro atoms. The normalized spacial score (nSPS) is 25.2. The van der Waals surface area contributed by atoms with Crippen LogP contribution in [-0.4, -0.2) is 24.1 Å². The van der Waals surface area contributed by atoms with Crippen LogP contribution in [0.5, 0.6) is 0 Å². The fraction of sp³-hybridized carbons (Fsp3) is 0.400. The van der Waals surface area contributed by atoms with E-state index in [-0.39, 0.29) is 6.09 Å². The number of benzene rings is 1. The van der Waals surface area contributed by atoms with Crippen LogP contribution in [0.1, 0.15) is 29.9 Å². The van der Waals surface area contributed by atoms with Gasteiger partial charge in [0.2, 0.25) is 0 Å². The van der Waals surface area contributed by atoms with Crippen LogP contribution >= 0.6 is 0 Å². The highest BCUT2D eigenvalue weighted by atomic mass is 16.6. The van der Waals surface area contributed by atoms with Gasteiger partial charge in [0.15, 0.2) is 0 Å². The SMILES string of the molecule is Cc1ccccc1C1CC/C1=C\N1CCOC1=O. The minimum atomic E-state index is -0.210. The van der Waals surface area contributed by atoms with Crippen molar-refractivity contribution in [2.45, 2.75) is 25.7 Å². The van der Waals surface area contributed by atoms with Crippen molar-refractivity contribution in [2.24, 2.45) is 0 Å². The zero-order chi connectivity index (χ0) is 12.5. The highest BCUT2D eigenvalue weighted by molar-refractivity contribution is 5.70. The van der Waals surface area contributed by atoms with Crippen molar-refractivity contribution in [3.8, 4) is 0 Å². The van der Waals surface area contributed by atoms with Crippen LogP contribution < -0.4 is 0 Å². The third kappa shape index (κ3) is 1.90. The van der Waals surface area contributed by atoms with E-state index < -0.39 is 0 Å². The van der Waals surface area contributed by atoms with Gasteiger partial charge in [-0.2, -0.15) is 0 Å². The average molecular weight is 243 g/mol.